The van der Waals surface area contributed by atoms with Crippen LogP contribution in [0.4, 0.5) is 5.69 Å². The molecule has 0 bridgehead atoms. The minimum Gasteiger partial charge on any atom is -0.379 e. The molecule has 3 nitrogen and oxygen atoms in total. The lowest BCUT2D eigenvalue weighted by molar-refractivity contribution is -0.0333. The van der Waals surface area contributed by atoms with Crippen molar-refractivity contribution < 1.29 is 4.74 Å². The van der Waals surface area contributed by atoms with Crippen LogP contribution in [0.2, 0.25) is 0 Å². The average molecular weight is 220 g/mol. The van der Waals surface area contributed by atoms with E-state index in [1.165, 1.54) is 11.3 Å². The molecular formula is C13H20N2O. The summed E-state index contributed by atoms with van der Waals surface area (Å²) in [6.45, 7) is 3.16. The van der Waals surface area contributed by atoms with Gasteiger partial charge in [0, 0.05) is 46.5 Å². The van der Waals surface area contributed by atoms with Crippen molar-refractivity contribution in [1.82, 2.24) is 4.90 Å². The molecule has 1 saturated heterocycles. The van der Waals surface area contributed by atoms with Gasteiger partial charge in [-0.15, -0.1) is 0 Å². The summed E-state index contributed by atoms with van der Waals surface area (Å²) in [6.07, 6.45) is 0.445. The molecule has 2 rings (SSSR count). The quantitative estimate of drug-likeness (QED) is 0.766. The van der Waals surface area contributed by atoms with Crippen LogP contribution in [0.3, 0.4) is 0 Å². The highest BCUT2D eigenvalue weighted by molar-refractivity contribution is 5.45. The van der Waals surface area contributed by atoms with Crippen molar-refractivity contribution in [2.24, 2.45) is 0 Å². The Bertz CT molecular complexity index is 328. The summed E-state index contributed by atoms with van der Waals surface area (Å²) >= 11 is 0. The van der Waals surface area contributed by atoms with Crippen molar-refractivity contribution in [3.05, 3.63) is 29.8 Å². The van der Waals surface area contributed by atoms with Crippen molar-refractivity contribution in [3.8, 4) is 0 Å². The van der Waals surface area contributed by atoms with Gasteiger partial charge in [0.05, 0.1) is 6.10 Å². The maximum absolute atomic E-state index is 5.26. The fourth-order valence-corrected chi connectivity index (χ4v) is 1.96. The highest BCUT2D eigenvalue weighted by atomic mass is 16.5. The van der Waals surface area contributed by atoms with Gasteiger partial charge in [-0.2, -0.15) is 0 Å². The van der Waals surface area contributed by atoms with E-state index in [0.717, 1.165) is 19.6 Å². The van der Waals surface area contributed by atoms with Crippen molar-refractivity contribution in [3.63, 3.8) is 0 Å². The summed E-state index contributed by atoms with van der Waals surface area (Å²) in [7, 11) is 5.91. The molecule has 1 fully saturated rings. The van der Waals surface area contributed by atoms with Crippen molar-refractivity contribution in [2.75, 3.05) is 39.2 Å². The van der Waals surface area contributed by atoms with Crippen LogP contribution in [0, 0.1) is 0 Å². The standard InChI is InChI=1S/C13H20N2O/c1-14(2)12-6-4-11(5-7-12)8-15-9-13(10-15)16-3/h4-7,13H,8-10H2,1-3H3. The molecule has 1 aromatic rings. The third-order valence-corrected chi connectivity index (χ3v) is 3.12. The van der Waals surface area contributed by atoms with Gasteiger partial charge in [-0.3, -0.25) is 4.90 Å². The number of likely N-dealkylation sites (tertiary alicyclic amines) is 1. The second-order valence-electron chi connectivity index (χ2n) is 4.61. The number of methoxy groups -OCH3 is 1. The lowest BCUT2D eigenvalue weighted by Gasteiger charge is -2.38. The topological polar surface area (TPSA) is 15.7 Å². The van der Waals surface area contributed by atoms with Gasteiger partial charge in [-0.25, -0.2) is 0 Å². The molecule has 0 N–H and O–H groups in total. The molecule has 0 spiro atoms. The number of rotatable bonds is 4. The Balaban J connectivity index is 1.86. The van der Waals surface area contributed by atoms with Gasteiger partial charge in [0.2, 0.25) is 0 Å². The van der Waals surface area contributed by atoms with Crippen molar-refractivity contribution in [1.29, 1.82) is 0 Å². The largest absolute Gasteiger partial charge is 0.379 e. The van der Waals surface area contributed by atoms with Crippen molar-refractivity contribution in [2.45, 2.75) is 12.6 Å². The summed E-state index contributed by atoms with van der Waals surface area (Å²) in [4.78, 5) is 4.52. The lowest BCUT2D eigenvalue weighted by atomic mass is 10.1. The Morgan fingerprint density at radius 1 is 1.25 bits per heavy atom. The fourth-order valence-electron chi connectivity index (χ4n) is 1.96. The van der Waals surface area contributed by atoms with E-state index < -0.39 is 0 Å². The smallest absolute Gasteiger partial charge is 0.0825 e. The molecule has 0 aliphatic carbocycles. The second-order valence-corrected chi connectivity index (χ2v) is 4.61. The van der Waals surface area contributed by atoms with E-state index in [-0.39, 0.29) is 0 Å². The molecule has 88 valence electrons. The molecule has 3 heteroatoms. The predicted octanol–water partition coefficient (Wildman–Crippen LogP) is 1.58. The molecule has 0 saturated carbocycles. The summed E-state index contributed by atoms with van der Waals surface area (Å²) in [5.74, 6) is 0. The van der Waals surface area contributed by atoms with Gasteiger partial charge in [0.1, 0.15) is 0 Å². The molecule has 0 atom stereocenters. The Morgan fingerprint density at radius 2 is 1.88 bits per heavy atom. The summed E-state index contributed by atoms with van der Waals surface area (Å²) in [6, 6.07) is 8.75. The molecule has 0 unspecified atom stereocenters. The van der Waals surface area contributed by atoms with Crippen LogP contribution in [0.1, 0.15) is 5.56 Å². The van der Waals surface area contributed by atoms with E-state index in [0.29, 0.717) is 6.10 Å². The first kappa shape index (κ1) is 11.4. The van der Waals surface area contributed by atoms with Crippen LogP contribution in [-0.4, -0.2) is 45.3 Å². The monoisotopic (exact) mass is 220 g/mol. The van der Waals surface area contributed by atoms with E-state index in [9.17, 15) is 0 Å². The summed E-state index contributed by atoms with van der Waals surface area (Å²) in [5.41, 5.74) is 2.63. The molecule has 0 aromatic heterocycles. The molecule has 0 amide bonds. The third kappa shape index (κ3) is 2.54. The van der Waals surface area contributed by atoms with Crippen molar-refractivity contribution >= 4 is 5.69 Å². The predicted molar refractivity (Wildman–Crippen MR) is 66.8 cm³/mol. The number of hydrogen-bond donors (Lipinski definition) is 0. The van der Waals surface area contributed by atoms with E-state index in [1.54, 1.807) is 7.11 Å². The zero-order valence-corrected chi connectivity index (χ0v) is 10.3. The van der Waals surface area contributed by atoms with E-state index in [2.05, 4.69) is 48.2 Å². The minimum atomic E-state index is 0.445. The number of hydrogen-bond acceptors (Lipinski definition) is 3. The third-order valence-electron chi connectivity index (χ3n) is 3.12. The van der Waals surface area contributed by atoms with Gasteiger partial charge >= 0.3 is 0 Å². The Kier molecular flexibility index (Phi) is 3.46. The van der Waals surface area contributed by atoms with Crippen LogP contribution in [0.5, 0.6) is 0 Å². The first-order valence-corrected chi connectivity index (χ1v) is 5.70. The minimum absolute atomic E-state index is 0.445. The van der Waals surface area contributed by atoms with Crippen LogP contribution >= 0.6 is 0 Å². The second kappa shape index (κ2) is 4.85. The first-order chi connectivity index (χ1) is 7.69. The molecular weight excluding hydrogens is 200 g/mol. The van der Waals surface area contributed by atoms with Gasteiger partial charge in [-0.1, -0.05) is 12.1 Å². The van der Waals surface area contributed by atoms with Crippen LogP contribution < -0.4 is 4.90 Å². The zero-order chi connectivity index (χ0) is 11.5. The molecule has 1 aliphatic heterocycles. The van der Waals surface area contributed by atoms with Crippen LogP contribution in [0.15, 0.2) is 24.3 Å². The maximum Gasteiger partial charge on any atom is 0.0825 e. The molecule has 1 heterocycles. The lowest BCUT2D eigenvalue weighted by Crippen LogP contribution is -2.50. The van der Waals surface area contributed by atoms with E-state index in [4.69, 9.17) is 4.74 Å². The normalized spacial score (nSPS) is 17.2. The Morgan fingerprint density at radius 3 is 2.38 bits per heavy atom. The molecule has 1 aliphatic rings. The number of benzene rings is 1. The highest BCUT2D eigenvalue weighted by Gasteiger charge is 2.25. The number of ether oxygens (including phenoxy) is 1. The number of nitrogens with zero attached hydrogens (tertiary/aromatic N) is 2. The fraction of sp³-hybridized carbons (Fsp3) is 0.538. The van der Waals surface area contributed by atoms with Gasteiger partial charge in [0.15, 0.2) is 0 Å². The average Bonchev–Trinajstić information content (AvgIpc) is 2.23. The van der Waals surface area contributed by atoms with E-state index in [1.807, 2.05) is 0 Å². The zero-order valence-electron chi connectivity index (χ0n) is 10.3. The van der Waals surface area contributed by atoms with E-state index >= 15 is 0 Å². The van der Waals surface area contributed by atoms with Crippen LogP contribution in [-0.2, 0) is 11.3 Å². The van der Waals surface area contributed by atoms with Crippen LogP contribution in [0.25, 0.3) is 0 Å². The summed E-state index contributed by atoms with van der Waals surface area (Å²) < 4.78 is 5.26. The summed E-state index contributed by atoms with van der Waals surface area (Å²) in [5, 5.41) is 0. The first-order valence-electron chi connectivity index (χ1n) is 5.70. The van der Waals surface area contributed by atoms with Gasteiger partial charge in [-0.05, 0) is 17.7 Å². The number of anilines is 1. The maximum atomic E-state index is 5.26. The van der Waals surface area contributed by atoms with Gasteiger partial charge < -0.3 is 9.64 Å². The highest BCUT2D eigenvalue weighted by Crippen LogP contribution is 2.17. The molecule has 16 heavy (non-hydrogen) atoms. The molecule has 1 aromatic carbocycles. The molecule has 0 radical (unpaired) electrons. The van der Waals surface area contributed by atoms with Gasteiger partial charge in [0.25, 0.3) is 0 Å². The SMILES string of the molecule is COC1CN(Cc2ccc(N(C)C)cc2)C1. The Hall–Kier alpha value is -1.06. The Labute approximate surface area is 97.6 Å².